The normalized spacial score (nSPS) is 24.4. The van der Waals surface area contributed by atoms with Crippen LogP contribution in [0.25, 0.3) is 0 Å². The smallest absolute Gasteiger partial charge is 0.239 e. The molecule has 1 aliphatic heterocycles. The fraction of sp³-hybridized carbons (Fsp3) is 0.182. The third-order valence-corrected chi connectivity index (χ3v) is 3.51. The van der Waals surface area contributed by atoms with Crippen LogP contribution in [0.3, 0.4) is 0 Å². The number of hydrogen-bond donors (Lipinski definition) is 0. The highest BCUT2D eigenvalue weighted by Crippen LogP contribution is 2.33. The number of carbonyl (C=O) groups is 2. The number of thioether (sulfide) groups is 1. The highest BCUT2D eigenvalue weighted by Gasteiger charge is 2.29. The van der Waals surface area contributed by atoms with Crippen LogP contribution in [-0.2, 0) is 9.59 Å². The molecule has 4 nitrogen and oxygen atoms in total. The van der Waals surface area contributed by atoms with Gasteiger partial charge in [0.05, 0.1) is 0 Å². The summed E-state index contributed by atoms with van der Waals surface area (Å²) in [6.07, 6.45) is 4.36. The Morgan fingerprint density at radius 3 is 2.38 bits per heavy atom. The Labute approximate surface area is 96.7 Å². The van der Waals surface area contributed by atoms with Gasteiger partial charge in [0.25, 0.3) is 0 Å². The Morgan fingerprint density at radius 2 is 1.94 bits per heavy atom. The zero-order chi connectivity index (χ0) is 11.9. The maximum atomic E-state index is 11.4. The molecule has 0 saturated carbocycles. The molecule has 0 aromatic carbocycles. The zero-order valence-electron chi connectivity index (χ0n) is 8.81. The lowest BCUT2D eigenvalue weighted by molar-refractivity contribution is -0.460. The molecule has 0 radical (unpaired) electrons. The molecule has 2 rings (SSSR count). The van der Waals surface area contributed by atoms with Gasteiger partial charge in [-0.1, -0.05) is 5.76 Å². The Morgan fingerprint density at radius 1 is 1.25 bits per heavy atom. The van der Waals surface area contributed by atoms with Crippen LogP contribution in [0.5, 0.6) is 0 Å². The zero-order valence-corrected chi connectivity index (χ0v) is 9.63. The standard InChI is InChI=1S/C11H9NO3S/c1-12(2)9-4-3-8(16-9)10-6(13)5-7(14)11(10)15/h3-5H,1-2H3/b10-8-. The van der Waals surface area contributed by atoms with Crippen molar-refractivity contribution in [3.63, 3.8) is 0 Å². The largest absolute Gasteiger partial charge is 0.872 e. The third-order valence-electron chi connectivity index (χ3n) is 2.24. The molecule has 1 aliphatic carbocycles. The Kier molecular flexibility index (Phi) is 2.55. The number of allylic oxidation sites excluding steroid dienone is 3. The molecule has 82 valence electrons. The van der Waals surface area contributed by atoms with E-state index >= 15 is 0 Å². The van der Waals surface area contributed by atoms with Crippen molar-refractivity contribution in [3.8, 4) is 0 Å². The molecule has 0 amide bonds. The summed E-state index contributed by atoms with van der Waals surface area (Å²) in [6.45, 7) is 0. The maximum absolute atomic E-state index is 11.4. The van der Waals surface area contributed by atoms with E-state index in [0.29, 0.717) is 4.91 Å². The fourth-order valence-corrected chi connectivity index (χ4v) is 2.40. The number of nitrogens with zero attached hydrogens (tertiary/aromatic N) is 1. The van der Waals surface area contributed by atoms with Gasteiger partial charge in [-0.2, -0.15) is 0 Å². The molecule has 5 heteroatoms. The molecule has 0 fully saturated rings. The summed E-state index contributed by atoms with van der Waals surface area (Å²) in [5.41, 5.74) is 0.00287. The predicted octanol–water partition coefficient (Wildman–Crippen LogP) is -0.390. The number of carbonyl (C=O) groups excluding carboxylic acids is 2. The summed E-state index contributed by atoms with van der Waals surface area (Å²) in [5.74, 6) is -1.90. The first kappa shape index (κ1) is 10.9. The van der Waals surface area contributed by atoms with Gasteiger partial charge in [0.2, 0.25) is 16.6 Å². The maximum Gasteiger partial charge on any atom is 0.239 e. The van der Waals surface area contributed by atoms with Crippen LogP contribution in [0, 0.1) is 0 Å². The number of Topliss-reactive ketones (excluding diaryl/α,β-unsaturated/α-hetero) is 1. The lowest BCUT2D eigenvalue weighted by atomic mass is 10.2. The molecule has 2 aliphatic rings. The van der Waals surface area contributed by atoms with Crippen LogP contribution in [-0.4, -0.2) is 35.3 Å². The molecule has 0 N–H and O–H groups in total. The van der Waals surface area contributed by atoms with E-state index in [-0.39, 0.29) is 5.57 Å². The van der Waals surface area contributed by atoms with Crippen LogP contribution in [0.1, 0.15) is 0 Å². The van der Waals surface area contributed by atoms with Gasteiger partial charge < -0.3 is 5.11 Å². The minimum atomic E-state index is -0.722. The molecule has 0 aromatic heterocycles. The van der Waals surface area contributed by atoms with E-state index in [1.54, 1.807) is 6.08 Å². The topological polar surface area (TPSA) is 60.2 Å². The van der Waals surface area contributed by atoms with Crippen molar-refractivity contribution < 1.29 is 19.3 Å². The molecular formula is C11H9NO3S. The van der Waals surface area contributed by atoms with E-state index in [0.717, 1.165) is 11.1 Å². The quantitative estimate of drug-likeness (QED) is 0.326. The van der Waals surface area contributed by atoms with Crippen molar-refractivity contribution in [2.75, 3.05) is 14.1 Å². The first-order valence-electron chi connectivity index (χ1n) is 4.63. The molecule has 0 bridgehead atoms. The predicted molar refractivity (Wildman–Crippen MR) is 59.0 cm³/mol. The number of ketones is 2. The third kappa shape index (κ3) is 1.63. The van der Waals surface area contributed by atoms with Gasteiger partial charge in [0, 0.05) is 16.6 Å². The summed E-state index contributed by atoms with van der Waals surface area (Å²) < 4.78 is 1.88. The van der Waals surface area contributed by atoms with Gasteiger partial charge in [-0.25, -0.2) is 4.58 Å². The summed E-state index contributed by atoms with van der Waals surface area (Å²) in [7, 11) is 3.74. The van der Waals surface area contributed by atoms with Crippen molar-refractivity contribution in [2.24, 2.45) is 0 Å². The SMILES string of the molecule is C[N+](C)=C1C=C/C(=C2/C(=O)C(=O)C=C2[O-])S1. The highest BCUT2D eigenvalue weighted by molar-refractivity contribution is 8.18. The molecule has 1 heterocycles. The lowest BCUT2D eigenvalue weighted by Crippen LogP contribution is -2.12. The van der Waals surface area contributed by atoms with E-state index in [1.807, 2.05) is 24.7 Å². The van der Waals surface area contributed by atoms with Crippen LogP contribution in [0.15, 0.2) is 34.5 Å². The van der Waals surface area contributed by atoms with E-state index in [9.17, 15) is 14.7 Å². The second-order valence-electron chi connectivity index (χ2n) is 3.61. The summed E-state index contributed by atoms with van der Waals surface area (Å²) in [5, 5.41) is 12.4. The molecule has 16 heavy (non-hydrogen) atoms. The first-order chi connectivity index (χ1) is 7.50. The monoisotopic (exact) mass is 235 g/mol. The first-order valence-corrected chi connectivity index (χ1v) is 5.44. The van der Waals surface area contributed by atoms with Gasteiger partial charge in [-0.3, -0.25) is 9.59 Å². The second-order valence-corrected chi connectivity index (χ2v) is 4.67. The van der Waals surface area contributed by atoms with E-state index in [4.69, 9.17) is 0 Å². The average Bonchev–Trinajstić information content (AvgIpc) is 2.74. The molecular weight excluding hydrogens is 226 g/mol. The van der Waals surface area contributed by atoms with Gasteiger partial charge in [0.1, 0.15) is 14.1 Å². The molecule has 0 spiro atoms. The Hall–Kier alpha value is -1.62. The van der Waals surface area contributed by atoms with Gasteiger partial charge >= 0.3 is 0 Å². The van der Waals surface area contributed by atoms with Crippen molar-refractivity contribution in [1.29, 1.82) is 0 Å². The van der Waals surface area contributed by atoms with Crippen molar-refractivity contribution in [3.05, 3.63) is 34.5 Å². The van der Waals surface area contributed by atoms with Crippen molar-refractivity contribution >= 4 is 28.4 Å². The molecule has 0 saturated heterocycles. The van der Waals surface area contributed by atoms with Crippen LogP contribution < -0.4 is 5.11 Å². The number of rotatable bonds is 0. The molecule has 0 atom stereocenters. The summed E-state index contributed by atoms with van der Waals surface area (Å²) >= 11 is 1.32. The van der Waals surface area contributed by atoms with Gasteiger partial charge in [-0.05, 0) is 23.9 Å². The Balaban J connectivity index is 2.45. The molecule has 0 unspecified atom stereocenters. The highest BCUT2D eigenvalue weighted by atomic mass is 32.2. The van der Waals surface area contributed by atoms with Crippen molar-refractivity contribution in [1.82, 2.24) is 0 Å². The van der Waals surface area contributed by atoms with Crippen LogP contribution in [0.2, 0.25) is 0 Å². The van der Waals surface area contributed by atoms with Gasteiger partial charge in [-0.15, -0.1) is 0 Å². The molecule has 0 aromatic rings. The van der Waals surface area contributed by atoms with E-state index in [1.165, 1.54) is 11.8 Å². The van der Waals surface area contributed by atoms with E-state index < -0.39 is 17.3 Å². The van der Waals surface area contributed by atoms with Gasteiger partial charge in [0.15, 0.2) is 0 Å². The Bertz CT molecular complexity index is 519. The van der Waals surface area contributed by atoms with Crippen LogP contribution in [0.4, 0.5) is 0 Å². The average molecular weight is 235 g/mol. The summed E-state index contributed by atoms with van der Waals surface area (Å²) in [4.78, 5) is 23.1. The van der Waals surface area contributed by atoms with E-state index in [2.05, 4.69) is 0 Å². The fourth-order valence-electron chi connectivity index (χ4n) is 1.43. The number of hydrogen-bond acceptors (Lipinski definition) is 4. The lowest BCUT2D eigenvalue weighted by Gasteiger charge is -2.08. The van der Waals surface area contributed by atoms with Crippen LogP contribution >= 0.6 is 11.8 Å². The van der Waals surface area contributed by atoms with Crippen molar-refractivity contribution in [2.45, 2.75) is 0 Å². The summed E-state index contributed by atoms with van der Waals surface area (Å²) in [6, 6.07) is 0. The minimum absolute atomic E-state index is 0.00287. The second kappa shape index (κ2) is 3.75. The minimum Gasteiger partial charge on any atom is -0.872 e.